The molecule has 1 aliphatic rings. The van der Waals surface area contributed by atoms with Gasteiger partial charge in [0, 0.05) is 12.0 Å². The van der Waals surface area contributed by atoms with Gasteiger partial charge in [0.15, 0.2) is 0 Å². The summed E-state index contributed by atoms with van der Waals surface area (Å²) >= 11 is 0. The van der Waals surface area contributed by atoms with Crippen LogP contribution in [0, 0.1) is 5.92 Å². The van der Waals surface area contributed by atoms with Gasteiger partial charge in [0.05, 0.1) is 0 Å². The highest BCUT2D eigenvalue weighted by Gasteiger charge is 2.22. The fourth-order valence-corrected chi connectivity index (χ4v) is 4.35. The third-order valence-electron chi connectivity index (χ3n) is 6.28. The molecule has 0 spiro atoms. The Morgan fingerprint density at radius 2 is 1.48 bits per heavy atom. The summed E-state index contributed by atoms with van der Waals surface area (Å²) in [4.78, 5) is 24.0. The first-order chi connectivity index (χ1) is 14.1. The van der Waals surface area contributed by atoms with Crippen molar-refractivity contribution >= 4 is 11.8 Å². The highest BCUT2D eigenvalue weighted by molar-refractivity contribution is 5.95. The van der Waals surface area contributed by atoms with E-state index < -0.39 is 0 Å². The predicted molar refractivity (Wildman–Crippen MR) is 120 cm³/mol. The van der Waals surface area contributed by atoms with Gasteiger partial charge < -0.3 is 0 Å². The predicted octanol–water partition coefficient (Wildman–Crippen LogP) is 6.27. The molecule has 2 N–H and O–H groups in total. The van der Waals surface area contributed by atoms with E-state index in [1.54, 1.807) is 0 Å². The number of hydrogen-bond acceptors (Lipinski definition) is 2. The van der Waals surface area contributed by atoms with E-state index in [9.17, 15) is 9.59 Å². The lowest BCUT2D eigenvalue weighted by atomic mass is 9.77. The first-order valence-corrected chi connectivity index (χ1v) is 11.8. The van der Waals surface area contributed by atoms with Crippen LogP contribution in [0.25, 0.3) is 0 Å². The molecule has 0 aliphatic heterocycles. The summed E-state index contributed by atoms with van der Waals surface area (Å²) in [6.45, 7) is 4.41. The van der Waals surface area contributed by atoms with Crippen LogP contribution in [0.3, 0.4) is 0 Å². The van der Waals surface area contributed by atoms with E-state index in [0.717, 1.165) is 31.6 Å². The van der Waals surface area contributed by atoms with Crippen molar-refractivity contribution in [1.29, 1.82) is 0 Å². The summed E-state index contributed by atoms with van der Waals surface area (Å²) < 4.78 is 0. The third kappa shape index (κ3) is 8.59. The molecule has 0 radical (unpaired) electrons. The first kappa shape index (κ1) is 23.4. The lowest BCUT2D eigenvalue weighted by Gasteiger charge is -2.29. The standard InChI is InChI=1S/C25H40N2O2/c1-3-5-7-9-11-24(28)26-27-25(29)23-18-16-22(17-19-23)21-14-12-20(13-15-21)10-8-6-4-2/h16-21H,3-15H2,1-2H3,(H,26,28)(H,27,29). The average molecular weight is 401 g/mol. The number of carbonyl (C=O) groups is 2. The molecule has 0 saturated heterocycles. The molecule has 29 heavy (non-hydrogen) atoms. The summed E-state index contributed by atoms with van der Waals surface area (Å²) in [6.07, 6.45) is 15.3. The zero-order chi connectivity index (χ0) is 20.9. The topological polar surface area (TPSA) is 58.2 Å². The van der Waals surface area contributed by atoms with E-state index in [1.165, 1.54) is 56.9 Å². The smallest absolute Gasteiger partial charge is 0.269 e. The second-order valence-corrected chi connectivity index (χ2v) is 8.65. The number of carbonyl (C=O) groups excluding carboxylic acids is 2. The van der Waals surface area contributed by atoms with Crippen LogP contribution in [0.15, 0.2) is 24.3 Å². The summed E-state index contributed by atoms with van der Waals surface area (Å²) in [7, 11) is 0. The molecule has 4 nitrogen and oxygen atoms in total. The third-order valence-corrected chi connectivity index (χ3v) is 6.28. The van der Waals surface area contributed by atoms with Crippen LogP contribution < -0.4 is 10.9 Å². The van der Waals surface area contributed by atoms with E-state index in [-0.39, 0.29) is 11.8 Å². The number of hydrazine groups is 1. The molecule has 1 aromatic rings. The average Bonchev–Trinajstić information content (AvgIpc) is 2.76. The lowest BCUT2D eigenvalue weighted by Crippen LogP contribution is -2.41. The Hall–Kier alpha value is -1.84. The van der Waals surface area contributed by atoms with Gasteiger partial charge in [-0.2, -0.15) is 0 Å². The van der Waals surface area contributed by atoms with Gasteiger partial charge in [0.1, 0.15) is 0 Å². The van der Waals surface area contributed by atoms with Gasteiger partial charge in [-0.05, 0) is 61.6 Å². The van der Waals surface area contributed by atoms with Crippen molar-refractivity contribution in [1.82, 2.24) is 10.9 Å². The van der Waals surface area contributed by atoms with Gasteiger partial charge in [0.2, 0.25) is 5.91 Å². The molecule has 162 valence electrons. The van der Waals surface area contributed by atoms with Crippen LogP contribution in [-0.2, 0) is 4.79 Å². The van der Waals surface area contributed by atoms with Crippen LogP contribution in [-0.4, -0.2) is 11.8 Å². The van der Waals surface area contributed by atoms with Crippen molar-refractivity contribution in [3.8, 4) is 0 Å². The van der Waals surface area contributed by atoms with Crippen molar-refractivity contribution < 1.29 is 9.59 Å². The van der Waals surface area contributed by atoms with Gasteiger partial charge in [-0.3, -0.25) is 20.4 Å². The molecule has 0 atom stereocenters. The molecule has 0 aromatic heterocycles. The molecule has 4 heteroatoms. The highest BCUT2D eigenvalue weighted by atomic mass is 16.2. The largest absolute Gasteiger partial charge is 0.273 e. The van der Waals surface area contributed by atoms with Gasteiger partial charge in [0.25, 0.3) is 5.91 Å². The van der Waals surface area contributed by atoms with Crippen LogP contribution >= 0.6 is 0 Å². The van der Waals surface area contributed by atoms with Gasteiger partial charge in [-0.25, -0.2) is 0 Å². The molecule has 2 rings (SSSR count). The molecular formula is C25H40N2O2. The second-order valence-electron chi connectivity index (χ2n) is 8.65. The van der Waals surface area contributed by atoms with E-state index in [4.69, 9.17) is 0 Å². The highest BCUT2D eigenvalue weighted by Crippen LogP contribution is 2.37. The van der Waals surface area contributed by atoms with Crippen molar-refractivity contribution in [2.24, 2.45) is 5.92 Å². The fourth-order valence-electron chi connectivity index (χ4n) is 4.35. The lowest BCUT2D eigenvalue weighted by molar-refractivity contribution is -0.122. The zero-order valence-corrected chi connectivity index (χ0v) is 18.5. The Morgan fingerprint density at radius 1 is 0.828 bits per heavy atom. The quantitative estimate of drug-likeness (QED) is 0.339. The Kier molecular flexibility index (Phi) is 10.8. The molecule has 0 heterocycles. The van der Waals surface area contributed by atoms with E-state index >= 15 is 0 Å². The molecule has 1 aliphatic carbocycles. The zero-order valence-electron chi connectivity index (χ0n) is 18.5. The number of rotatable bonds is 11. The maximum atomic E-state index is 12.3. The van der Waals surface area contributed by atoms with Gasteiger partial charge >= 0.3 is 0 Å². The molecule has 1 aromatic carbocycles. The number of nitrogens with one attached hydrogen (secondary N) is 2. The van der Waals surface area contributed by atoms with E-state index in [1.807, 2.05) is 12.1 Å². The maximum Gasteiger partial charge on any atom is 0.269 e. The number of benzene rings is 1. The minimum atomic E-state index is -0.252. The van der Waals surface area contributed by atoms with Crippen molar-refractivity contribution in [3.05, 3.63) is 35.4 Å². The Labute approximate surface area is 177 Å². The summed E-state index contributed by atoms with van der Waals surface area (Å²) in [5.74, 6) is 1.16. The Morgan fingerprint density at radius 3 is 2.14 bits per heavy atom. The van der Waals surface area contributed by atoms with Crippen LogP contribution in [0.5, 0.6) is 0 Å². The summed E-state index contributed by atoms with van der Waals surface area (Å²) in [5, 5.41) is 0. The molecule has 2 amide bonds. The fraction of sp³-hybridized carbons (Fsp3) is 0.680. The van der Waals surface area contributed by atoms with E-state index in [2.05, 4.69) is 36.8 Å². The first-order valence-electron chi connectivity index (χ1n) is 11.8. The van der Waals surface area contributed by atoms with Gasteiger partial charge in [-0.15, -0.1) is 0 Å². The number of unbranched alkanes of at least 4 members (excludes halogenated alkanes) is 5. The minimum Gasteiger partial charge on any atom is -0.273 e. The van der Waals surface area contributed by atoms with E-state index in [0.29, 0.717) is 17.9 Å². The SMILES string of the molecule is CCCCCCC(=O)NNC(=O)c1ccc(C2CCC(CCCCC)CC2)cc1. The molecule has 0 unspecified atom stereocenters. The minimum absolute atomic E-state index is 0.123. The summed E-state index contributed by atoms with van der Waals surface area (Å²) in [5.41, 5.74) is 6.99. The van der Waals surface area contributed by atoms with Crippen LogP contribution in [0.1, 0.15) is 119 Å². The van der Waals surface area contributed by atoms with Crippen molar-refractivity contribution in [3.63, 3.8) is 0 Å². The molecule has 0 bridgehead atoms. The van der Waals surface area contributed by atoms with Crippen LogP contribution in [0.4, 0.5) is 0 Å². The van der Waals surface area contributed by atoms with Crippen molar-refractivity contribution in [2.75, 3.05) is 0 Å². The Balaban J connectivity index is 1.71. The second kappa shape index (κ2) is 13.4. The normalized spacial score (nSPS) is 19.0. The number of amides is 2. The van der Waals surface area contributed by atoms with Crippen LogP contribution in [0.2, 0.25) is 0 Å². The monoisotopic (exact) mass is 400 g/mol. The molecular weight excluding hydrogens is 360 g/mol. The molecule has 1 saturated carbocycles. The molecule has 1 fully saturated rings. The summed E-state index contributed by atoms with van der Waals surface area (Å²) in [6, 6.07) is 7.93. The van der Waals surface area contributed by atoms with Gasteiger partial charge in [-0.1, -0.05) is 70.9 Å². The van der Waals surface area contributed by atoms with Crippen molar-refractivity contribution in [2.45, 2.75) is 103 Å². The maximum absolute atomic E-state index is 12.3. The number of hydrogen-bond donors (Lipinski definition) is 2. The Bertz CT molecular complexity index is 604.